The van der Waals surface area contributed by atoms with E-state index in [2.05, 4.69) is 10.6 Å². The van der Waals surface area contributed by atoms with Gasteiger partial charge in [0.05, 0.1) is 0 Å². The minimum absolute atomic E-state index is 0.266. The molecular formula is C21H18N2OS. The molecule has 0 aliphatic heterocycles. The third-order valence-electron chi connectivity index (χ3n) is 3.75. The fourth-order valence-corrected chi connectivity index (χ4v) is 2.82. The van der Waals surface area contributed by atoms with Gasteiger partial charge < -0.3 is 5.32 Å². The van der Waals surface area contributed by atoms with Gasteiger partial charge in [0.1, 0.15) is 0 Å². The molecule has 2 N–H and O–H groups in total. The second-order valence-corrected chi connectivity index (χ2v) is 6.12. The molecule has 0 radical (unpaired) electrons. The molecule has 3 nitrogen and oxygen atoms in total. The van der Waals surface area contributed by atoms with Crippen molar-refractivity contribution in [2.24, 2.45) is 0 Å². The summed E-state index contributed by atoms with van der Waals surface area (Å²) in [6, 6.07) is 21.9. The van der Waals surface area contributed by atoms with Crippen LogP contribution in [-0.4, -0.2) is 11.0 Å². The molecular weight excluding hydrogens is 328 g/mol. The summed E-state index contributed by atoms with van der Waals surface area (Å²) in [5.74, 6) is -0.266. The van der Waals surface area contributed by atoms with E-state index in [0.717, 1.165) is 27.6 Å². The van der Waals surface area contributed by atoms with E-state index >= 15 is 0 Å². The van der Waals surface area contributed by atoms with E-state index in [1.165, 1.54) is 6.08 Å². The van der Waals surface area contributed by atoms with Crippen LogP contribution >= 0.6 is 12.2 Å². The molecule has 3 aromatic carbocycles. The summed E-state index contributed by atoms with van der Waals surface area (Å²) >= 11 is 5.19. The van der Waals surface area contributed by atoms with Crippen molar-refractivity contribution in [3.8, 4) is 0 Å². The molecule has 0 saturated carbocycles. The Morgan fingerprint density at radius 1 is 1.00 bits per heavy atom. The molecule has 0 fully saturated rings. The second kappa shape index (κ2) is 7.73. The van der Waals surface area contributed by atoms with Crippen LogP contribution in [0.3, 0.4) is 0 Å². The summed E-state index contributed by atoms with van der Waals surface area (Å²) in [6.45, 7) is 2.00. The van der Waals surface area contributed by atoms with Gasteiger partial charge in [-0.05, 0) is 59.2 Å². The first kappa shape index (κ1) is 16.9. The van der Waals surface area contributed by atoms with Crippen molar-refractivity contribution in [1.82, 2.24) is 5.32 Å². The molecule has 1 amide bonds. The fourth-order valence-electron chi connectivity index (χ4n) is 2.60. The first-order valence-corrected chi connectivity index (χ1v) is 8.37. The number of nitrogens with one attached hydrogen (secondary N) is 2. The molecule has 0 saturated heterocycles. The number of carbonyl (C=O) groups is 1. The zero-order valence-electron chi connectivity index (χ0n) is 13.8. The number of hydrogen-bond donors (Lipinski definition) is 2. The second-order valence-electron chi connectivity index (χ2n) is 5.71. The lowest BCUT2D eigenvalue weighted by atomic mass is 10.0. The molecule has 0 aliphatic rings. The Balaban J connectivity index is 1.65. The minimum atomic E-state index is -0.266. The molecule has 0 unspecified atom stereocenters. The third-order valence-corrected chi connectivity index (χ3v) is 3.95. The Hall–Kier alpha value is -2.98. The van der Waals surface area contributed by atoms with Crippen molar-refractivity contribution in [2.75, 3.05) is 5.32 Å². The van der Waals surface area contributed by atoms with Crippen LogP contribution in [-0.2, 0) is 4.79 Å². The lowest BCUT2D eigenvalue weighted by molar-refractivity contribution is -0.115. The highest BCUT2D eigenvalue weighted by molar-refractivity contribution is 7.80. The summed E-state index contributed by atoms with van der Waals surface area (Å²) in [4.78, 5) is 12.1. The predicted octanol–water partition coefficient (Wildman–Crippen LogP) is 4.67. The average molecular weight is 346 g/mol. The molecule has 3 rings (SSSR count). The maximum Gasteiger partial charge on any atom is 0.250 e. The van der Waals surface area contributed by atoms with Crippen molar-refractivity contribution in [2.45, 2.75) is 6.92 Å². The molecule has 0 heterocycles. The normalized spacial score (nSPS) is 10.8. The summed E-state index contributed by atoms with van der Waals surface area (Å²) in [5.41, 5.74) is 2.96. The molecule has 3 aromatic rings. The van der Waals surface area contributed by atoms with Crippen LogP contribution in [0.4, 0.5) is 5.69 Å². The van der Waals surface area contributed by atoms with Crippen molar-refractivity contribution in [3.05, 3.63) is 83.9 Å². The van der Waals surface area contributed by atoms with Gasteiger partial charge in [-0.25, -0.2) is 0 Å². The van der Waals surface area contributed by atoms with Gasteiger partial charge in [0.2, 0.25) is 5.91 Å². The van der Waals surface area contributed by atoms with Gasteiger partial charge in [0.15, 0.2) is 5.11 Å². The predicted molar refractivity (Wildman–Crippen MR) is 109 cm³/mol. The lowest BCUT2D eigenvalue weighted by Gasteiger charge is -2.08. The van der Waals surface area contributed by atoms with Gasteiger partial charge in [0.25, 0.3) is 0 Å². The van der Waals surface area contributed by atoms with Crippen LogP contribution in [0.1, 0.15) is 11.1 Å². The van der Waals surface area contributed by atoms with Crippen molar-refractivity contribution in [1.29, 1.82) is 0 Å². The Bertz CT molecular complexity index is 958. The summed E-state index contributed by atoms with van der Waals surface area (Å²) in [7, 11) is 0. The topological polar surface area (TPSA) is 41.1 Å². The Labute approximate surface area is 152 Å². The summed E-state index contributed by atoms with van der Waals surface area (Å²) in [5, 5.41) is 8.19. The van der Waals surface area contributed by atoms with Gasteiger partial charge in [-0.2, -0.15) is 0 Å². The van der Waals surface area contributed by atoms with Gasteiger partial charge in [-0.1, -0.05) is 54.6 Å². The highest BCUT2D eigenvalue weighted by atomic mass is 32.1. The monoisotopic (exact) mass is 346 g/mol. The summed E-state index contributed by atoms with van der Waals surface area (Å²) in [6.07, 6.45) is 3.29. The Morgan fingerprint density at radius 3 is 2.60 bits per heavy atom. The van der Waals surface area contributed by atoms with Gasteiger partial charge in [-0.3, -0.25) is 10.1 Å². The number of anilines is 1. The van der Waals surface area contributed by atoms with E-state index < -0.39 is 0 Å². The number of hydrogen-bond acceptors (Lipinski definition) is 2. The number of carbonyl (C=O) groups excluding carboxylic acids is 1. The molecule has 0 bridgehead atoms. The van der Waals surface area contributed by atoms with Crippen LogP contribution in [0.2, 0.25) is 0 Å². The van der Waals surface area contributed by atoms with Crippen LogP contribution < -0.4 is 10.6 Å². The van der Waals surface area contributed by atoms with Crippen LogP contribution in [0.15, 0.2) is 72.8 Å². The Kier molecular flexibility index (Phi) is 5.21. The largest absolute Gasteiger partial charge is 0.332 e. The highest BCUT2D eigenvalue weighted by Gasteiger charge is 2.02. The maximum atomic E-state index is 12.1. The number of fused-ring (bicyclic) bond motifs is 1. The van der Waals surface area contributed by atoms with Gasteiger partial charge >= 0.3 is 0 Å². The maximum absolute atomic E-state index is 12.1. The molecule has 0 aliphatic carbocycles. The summed E-state index contributed by atoms with van der Waals surface area (Å²) < 4.78 is 0. The highest BCUT2D eigenvalue weighted by Crippen LogP contribution is 2.19. The average Bonchev–Trinajstić information content (AvgIpc) is 2.59. The standard InChI is InChI=1S/C21H18N2OS/c1-15-6-4-10-18(14-15)22-21(25)23-20(24)13-12-17-9-5-8-16-7-2-3-11-19(16)17/h2-14H,1H3,(H2,22,23,24,25). The molecule has 0 spiro atoms. The van der Waals surface area contributed by atoms with Gasteiger partial charge in [0, 0.05) is 11.8 Å². The number of amides is 1. The van der Waals surface area contributed by atoms with Crippen LogP contribution in [0.25, 0.3) is 16.8 Å². The van der Waals surface area contributed by atoms with Crippen LogP contribution in [0, 0.1) is 6.92 Å². The van der Waals surface area contributed by atoms with Crippen molar-refractivity contribution in [3.63, 3.8) is 0 Å². The number of aryl methyl sites for hydroxylation is 1. The Morgan fingerprint density at radius 2 is 1.76 bits per heavy atom. The van der Waals surface area contributed by atoms with Crippen molar-refractivity contribution >= 4 is 45.8 Å². The lowest BCUT2D eigenvalue weighted by Crippen LogP contribution is -2.32. The van der Waals surface area contributed by atoms with E-state index in [9.17, 15) is 4.79 Å². The third kappa shape index (κ3) is 4.52. The molecule has 0 atom stereocenters. The van der Waals surface area contributed by atoms with Gasteiger partial charge in [-0.15, -0.1) is 0 Å². The smallest absolute Gasteiger partial charge is 0.250 e. The number of thiocarbonyl (C=S) groups is 1. The molecule has 0 aromatic heterocycles. The molecule has 4 heteroatoms. The number of rotatable bonds is 3. The first-order valence-electron chi connectivity index (χ1n) is 7.96. The molecule has 124 valence electrons. The molecule has 25 heavy (non-hydrogen) atoms. The van der Waals surface area contributed by atoms with E-state index in [4.69, 9.17) is 12.2 Å². The SMILES string of the molecule is Cc1cccc(NC(=S)NC(=O)C=Cc2cccc3ccccc23)c1. The zero-order chi connectivity index (χ0) is 17.6. The number of benzene rings is 3. The van der Waals surface area contributed by atoms with Crippen molar-refractivity contribution < 1.29 is 4.79 Å². The minimum Gasteiger partial charge on any atom is -0.332 e. The first-order chi connectivity index (χ1) is 12.1. The quantitative estimate of drug-likeness (QED) is 0.535. The van der Waals surface area contributed by atoms with E-state index in [1.807, 2.05) is 73.7 Å². The zero-order valence-corrected chi connectivity index (χ0v) is 14.6. The van der Waals surface area contributed by atoms with E-state index in [0.29, 0.717) is 0 Å². The fraction of sp³-hybridized carbons (Fsp3) is 0.0476. The van der Waals surface area contributed by atoms with Crippen LogP contribution in [0.5, 0.6) is 0 Å². The van der Waals surface area contributed by atoms with E-state index in [-0.39, 0.29) is 11.0 Å². The van der Waals surface area contributed by atoms with E-state index in [1.54, 1.807) is 6.08 Å².